The van der Waals surface area contributed by atoms with Gasteiger partial charge in [-0.3, -0.25) is 9.51 Å². The molecule has 0 spiro atoms. The average molecular weight is 497 g/mol. The number of rotatable bonds is 4. The van der Waals surface area contributed by atoms with Gasteiger partial charge in [0.1, 0.15) is 24.0 Å². The van der Waals surface area contributed by atoms with Crippen LogP contribution in [0.5, 0.6) is 5.75 Å². The minimum atomic E-state index is -0.636. The minimum Gasteiger partial charge on any atom is -0.488 e. The molecule has 0 saturated carbocycles. The summed E-state index contributed by atoms with van der Waals surface area (Å²) in [5.74, 6) is 1.03. The monoisotopic (exact) mass is 496 g/mol. The van der Waals surface area contributed by atoms with Crippen molar-refractivity contribution in [2.45, 2.75) is 39.8 Å². The zero-order valence-electron chi connectivity index (χ0n) is 20.7. The normalized spacial score (nSPS) is 14.3. The smallest absolute Gasteiger partial charge is 0.439 e. The summed E-state index contributed by atoms with van der Waals surface area (Å²) in [6.07, 6.45) is 0. The maximum atomic E-state index is 14.1. The first-order chi connectivity index (χ1) is 17.9. The van der Waals surface area contributed by atoms with E-state index in [1.54, 1.807) is 6.07 Å². The van der Waals surface area contributed by atoms with Crippen molar-refractivity contribution in [1.82, 2.24) is 19.7 Å². The molecule has 1 aliphatic rings. The van der Waals surface area contributed by atoms with Gasteiger partial charge in [-0.2, -0.15) is 0 Å². The van der Waals surface area contributed by atoms with E-state index in [9.17, 15) is 9.18 Å². The van der Waals surface area contributed by atoms with Crippen molar-refractivity contribution in [3.8, 4) is 5.75 Å². The topological polar surface area (TPSA) is 85.9 Å². The van der Waals surface area contributed by atoms with E-state index >= 15 is 0 Å². The van der Waals surface area contributed by atoms with Crippen LogP contribution < -0.4 is 10.5 Å². The highest BCUT2D eigenvalue weighted by molar-refractivity contribution is 5.99. The molecule has 7 nitrogen and oxygen atoms in total. The second-order valence-corrected chi connectivity index (χ2v) is 9.56. The van der Waals surface area contributed by atoms with E-state index in [4.69, 9.17) is 14.2 Å². The van der Waals surface area contributed by atoms with Crippen molar-refractivity contribution >= 4 is 22.2 Å². The van der Waals surface area contributed by atoms with Crippen LogP contribution in [0.25, 0.3) is 22.2 Å². The van der Waals surface area contributed by atoms with Crippen LogP contribution in [-0.4, -0.2) is 19.7 Å². The van der Waals surface area contributed by atoms with Crippen molar-refractivity contribution in [2.75, 3.05) is 0 Å². The summed E-state index contributed by atoms with van der Waals surface area (Å²) in [5, 5.41) is 3.88. The summed E-state index contributed by atoms with van der Waals surface area (Å²) >= 11 is 0. The fourth-order valence-electron chi connectivity index (χ4n) is 5.03. The lowest BCUT2D eigenvalue weighted by Gasteiger charge is -2.16. The van der Waals surface area contributed by atoms with Crippen LogP contribution in [0.2, 0.25) is 0 Å². The Labute approximate surface area is 212 Å². The van der Waals surface area contributed by atoms with Gasteiger partial charge in [-0.05, 0) is 59.5 Å². The SMILES string of the molecule is C/C(=C1/c2ccc(Cn3c(C(C)C)nc4ccccc43)cc2COc2cc(F)ccc21)c1noc(=O)[nH]1. The van der Waals surface area contributed by atoms with Gasteiger partial charge in [-0.15, -0.1) is 0 Å². The highest BCUT2D eigenvalue weighted by Crippen LogP contribution is 2.41. The molecule has 1 aliphatic heterocycles. The molecule has 0 atom stereocenters. The number of imidazole rings is 1. The van der Waals surface area contributed by atoms with Crippen molar-refractivity contribution in [1.29, 1.82) is 0 Å². The summed E-state index contributed by atoms with van der Waals surface area (Å²) in [6, 6.07) is 18.9. The van der Waals surface area contributed by atoms with Gasteiger partial charge in [-0.1, -0.05) is 43.3 Å². The number of hydrogen-bond donors (Lipinski definition) is 1. The lowest BCUT2D eigenvalue weighted by Crippen LogP contribution is -2.08. The Morgan fingerprint density at radius 1 is 1.11 bits per heavy atom. The molecule has 1 N–H and O–H groups in total. The Morgan fingerprint density at radius 2 is 1.92 bits per heavy atom. The molecule has 0 unspecified atom stereocenters. The van der Waals surface area contributed by atoms with Crippen LogP contribution in [0.3, 0.4) is 0 Å². The molecule has 37 heavy (non-hydrogen) atoms. The molecule has 2 aromatic heterocycles. The first kappa shape index (κ1) is 23.0. The lowest BCUT2D eigenvalue weighted by molar-refractivity contribution is 0.305. The van der Waals surface area contributed by atoms with E-state index in [-0.39, 0.29) is 18.3 Å². The number of aromatic nitrogens is 4. The van der Waals surface area contributed by atoms with Crippen LogP contribution in [0.15, 0.2) is 70.0 Å². The predicted molar refractivity (Wildman–Crippen MR) is 139 cm³/mol. The summed E-state index contributed by atoms with van der Waals surface area (Å²) in [7, 11) is 0. The molecule has 0 fully saturated rings. The fraction of sp³-hybridized carbons (Fsp3) is 0.207. The van der Waals surface area contributed by atoms with Crippen LogP contribution in [-0.2, 0) is 13.2 Å². The quantitative estimate of drug-likeness (QED) is 0.335. The number of para-hydroxylation sites is 2. The molecular weight excluding hydrogens is 471 g/mol. The molecule has 6 rings (SSSR count). The first-order valence-electron chi connectivity index (χ1n) is 12.2. The van der Waals surface area contributed by atoms with Gasteiger partial charge in [0.15, 0.2) is 5.82 Å². The van der Waals surface area contributed by atoms with Gasteiger partial charge in [0.25, 0.3) is 0 Å². The van der Waals surface area contributed by atoms with Crippen molar-refractivity contribution in [3.63, 3.8) is 0 Å². The first-order valence-corrected chi connectivity index (χ1v) is 12.2. The van der Waals surface area contributed by atoms with Crippen LogP contribution in [0.1, 0.15) is 60.6 Å². The van der Waals surface area contributed by atoms with Crippen molar-refractivity contribution < 1.29 is 13.7 Å². The molecule has 8 heteroatoms. The van der Waals surface area contributed by atoms with Crippen LogP contribution in [0.4, 0.5) is 4.39 Å². The Kier molecular flexibility index (Phi) is 5.52. The third kappa shape index (κ3) is 4.04. The number of fused-ring (bicyclic) bond motifs is 3. The number of allylic oxidation sites excluding steroid dienone is 1. The largest absolute Gasteiger partial charge is 0.488 e. The number of halogens is 1. The molecule has 3 aromatic carbocycles. The van der Waals surface area contributed by atoms with E-state index in [1.165, 1.54) is 12.1 Å². The van der Waals surface area contributed by atoms with E-state index in [0.717, 1.165) is 44.7 Å². The van der Waals surface area contributed by atoms with Gasteiger partial charge in [0.2, 0.25) is 0 Å². The second kappa shape index (κ2) is 8.89. The maximum Gasteiger partial charge on any atom is 0.439 e. The molecule has 0 saturated heterocycles. The number of hydrogen-bond acceptors (Lipinski definition) is 5. The third-order valence-corrected chi connectivity index (χ3v) is 6.75. The molecule has 0 bridgehead atoms. The zero-order valence-corrected chi connectivity index (χ0v) is 20.7. The van der Waals surface area contributed by atoms with Crippen LogP contribution in [0, 0.1) is 5.82 Å². The number of aromatic amines is 1. The fourth-order valence-corrected chi connectivity index (χ4v) is 5.03. The molecule has 186 valence electrons. The number of benzene rings is 3. The molecule has 0 aliphatic carbocycles. The van der Waals surface area contributed by atoms with Gasteiger partial charge in [-0.25, -0.2) is 14.2 Å². The van der Waals surface area contributed by atoms with Gasteiger partial charge >= 0.3 is 5.76 Å². The number of ether oxygens (including phenoxy) is 1. The van der Waals surface area contributed by atoms with Gasteiger partial charge in [0.05, 0.1) is 11.0 Å². The van der Waals surface area contributed by atoms with Crippen LogP contribution >= 0.6 is 0 Å². The summed E-state index contributed by atoms with van der Waals surface area (Å²) in [5.41, 5.74) is 7.25. The Morgan fingerprint density at radius 3 is 2.70 bits per heavy atom. The number of nitrogens with one attached hydrogen (secondary N) is 1. The number of nitrogens with zero attached hydrogens (tertiary/aromatic N) is 3. The van der Waals surface area contributed by atoms with E-state index in [1.807, 2.05) is 25.1 Å². The molecule has 0 amide bonds. The zero-order chi connectivity index (χ0) is 25.7. The van der Waals surface area contributed by atoms with Gasteiger partial charge in [0, 0.05) is 29.7 Å². The van der Waals surface area contributed by atoms with Gasteiger partial charge < -0.3 is 9.30 Å². The summed E-state index contributed by atoms with van der Waals surface area (Å²) in [6.45, 7) is 7.07. The lowest BCUT2D eigenvalue weighted by atomic mass is 9.89. The molecular formula is C29H25FN4O3. The minimum absolute atomic E-state index is 0.266. The predicted octanol–water partition coefficient (Wildman–Crippen LogP) is 5.89. The molecule has 5 aromatic rings. The van der Waals surface area contributed by atoms with Crippen molar-refractivity contribution in [3.05, 3.63) is 111 Å². The molecule has 3 heterocycles. The number of H-pyrrole nitrogens is 1. The highest BCUT2D eigenvalue weighted by Gasteiger charge is 2.24. The standard InChI is InChI=1S/C29H25FN4O3/c1-16(2)28-31-23-6-4-5-7-24(23)34(28)14-18-8-10-21-19(12-18)15-36-25-13-20(30)9-11-22(25)26(21)17(3)27-32-29(35)37-33-27/h4-13,16H,14-15H2,1-3H3,(H,32,33,35)/b26-17+. The summed E-state index contributed by atoms with van der Waals surface area (Å²) < 4.78 is 27.2. The Bertz CT molecular complexity index is 1740. The average Bonchev–Trinajstić information content (AvgIpc) is 3.44. The van der Waals surface area contributed by atoms with E-state index < -0.39 is 5.76 Å². The summed E-state index contributed by atoms with van der Waals surface area (Å²) in [4.78, 5) is 19.1. The molecule has 0 radical (unpaired) electrons. The van der Waals surface area contributed by atoms with E-state index in [2.05, 4.69) is 52.8 Å². The second-order valence-electron chi connectivity index (χ2n) is 9.56. The maximum absolute atomic E-state index is 14.1. The Hall–Kier alpha value is -4.46. The Balaban J connectivity index is 1.49. The van der Waals surface area contributed by atoms with Crippen molar-refractivity contribution in [2.24, 2.45) is 0 Å². The third-order valence-electron chi connectivity index (χ3n) is 6.75. The van der Waals surface area contributed by atoms with E-state index in [0.29, 0.717) is 23.7 Å². The highest BCUT2D eigenvalue weighted by atomic mass is 19.1.